The number of hydrogen-bond donors (Lipinski definition) is 0. The van der Waals surface area contributed by atoms with Crippen LogP contribution in [0.3, 0.4) is 0 Å². The molecule has 5 rings (SSSR count). The van der Waals surface area contributed by atoms with E-state index in [4.69, 9.17) is 0 Å². The van der Waals surface area contributed by atoms with Crippen LogP contribution in [0.2, 0.25) is 0 Å². The van der Waals surface area contributed by atoms with Crippen molar-refractivity contribution < 1.29 is 9.59 Å². The van der Waals surface area contributed by atoms with Gasteiger partial charge in [0, 0.05) is 0 Å². The molecule has 2 fully saturated rings. The second-order valence-electron chi connectivity index (χ2n) is 8.51. The molecular weight excluding hydrogens is 370 g/mol. The Labute approximate surface area is 177 Å². The van der Waals surface area contributed by atoms with Crippen molar-refractivity contribution in [2.75, 3.05) is 4.90 Å². The van der Waals surface area contributed by atoms with Crippen molar-refractivity contribution in [2.45, 2.75) is 31.6 Å². The van der Waals surface area contributed by atoms with Gasteiger partial charge in [-0.3, -0.25) is 14.5 Å². The molecule has 1 aliphatic heterocycles. The highest BCUT2D eigenvalue weighted by atomic mass is 16.2. The van der Waals surface area contributed by atoms with Gasteiger partial charge >= 0.3 is 0 Å². The lowest BCUT2D eigenvalue weighted by molar-refractivity contribution is -0.122. The highest BCUT2D eigenvalue weighted by molar-refractivity contribution is 6.22. The molecule has 3 heteroatoms. The summed E-state index contributed by atoms with van der Waals surface area (Å²) in [7, 11) is 0. The number of carbonyl (C=O) groups excluding carboxylic acids is 2. The number of fused-ring (bicyclic) bond motifs is 1. The van der Waals surface area contributed by atoms with E-state index in [-0.39, 0.29) is 35.5 Å². The first-order chi connectivity index (χ1) is 14.6. The van der Waals surface area contributed by atoms with Gasteiger partial charge in [0.15, 0.2) is 0 Å². The highest BCUT2D eigenvalue weighted by Gasteiger charge is 2.56. The summed E-state index contributed by atoms with van der Waals surface area (Å²) in [6.07, 6.45) is 1.82. The van der Waals surface area contributed by atoms with E-state index < -0.39 is 0 Å². The monoisotopic (exact) mass is 395 g/mol. The number of nitrogens with zero attached hydrogens (tertiary/aromatic N) is 1. The van der Waals surface area contributed by atoms with Gasteiger partial charge in [-0.2, -0.15) is 0 Å². The molecule has 2 aliphatic rings. The van der Waals surface area contributed by atoms with Gasteiger partial charge in [0.2, 0.25) is 11.8 Å². The Morgan fingerprint density at radius 2 is 1.07 bits per heavy atom. The standard InChI is InChI=1S/C27H25NO2/c1-18-12-14-21(15-13-18)28-26(29)24-22(19-8-4-2-5-9-19)16-17-23(25(24)27(28)30)20-10-6-3-7-11-20/h2-15,22-25H,16-17H2,1H3/t22-,23+,24+,25-. The molecular formula is C27H25NO2. The van der Waals surface area contributed by atoms with Gasteiger partial charge in [-0.25, -0.2) is 0 Å². The van der Waals surface area contributed by atoms with Crippen LogP contribution < -0.4 is 4.90 Å². The van der Waals surface area contributed by atoms with Crippen molar-refractivity contribution in [3.8, 4) is 0 Å². The van der Waals surface area contributed by atoms with Crippen LogP contribution in [0, 0.1) is 18.8 Å². The summed E-state index contributed by atoms with van der Waals surface area (Å²) in [5.74, 6) is -0.599. The predicted octanol–water partition coefficient (Wildman–Crippen LogP) is 5.46. The van der Waals surface area contributed by atoms with Gasteiger partial charge in [-0.15, -0.1) is 0 Å². The molecule has 2 amide bonds. The Morgan fingerprint density at radius 1 is 0.633 bits per heavy atom. The van der Waals surface area contributed by atoms with E-state index in [2.05, 4.69) is 24.3 Å². The van der Waals surface area contributed by atoms with Crippen LogP contribution in [0.25, 0.3) is 0 Å². The third kappa shape index (κ3) is 3.06. The minimum absolute atomic E-state index is 0.0525. The lowest BCUT2D eigenvalue weighted by atomic mass is 9.64. The minimum Gasteiger partial charge on any atom is -0.274 e. The predicted molar refractivity (Wildman–Crippen MR) is 118 cm³/mol. The first-order valence-electron chi connectivity index (χ1n) is 10.7. The molecule has 0 radical (unpaired) electrons. The van der Waals surface area contributed by atoms with E-state index in [1.54, 1.807) is 0 Å². The molecule has 3 aromatic rings. The van der Waals surface area contributed by atoms with Gasteiger partial charge in [0.25, 0.3) is 0 Å². The summed E-state index contributed by atoms with van der Waals surface area (Å²) in [5.41, 5.74) is 4.11. The fourth-order valence-corrected chi connectivity index (χ4v) is 5.37. The third-order valence-electron chi connectivity index (χ3n) is 6.80. The molecule has 150 valence electrons. The summed E-state index contributed by atoms with van der Waals surface area (Å²) in [4.78, 5) is 28.9. The number of carbonyl (C=O) groups is 2. The normalized spacial score (nSPS) is 26.0. The smallest absolute Gasteiger partial charge is 0.238 e. The number of rotatable bonds is 3. The lowest BCUT2D eigenvalue weighted by Gasteiger charge is -2.37. The van der Waals surface area contributed by atoms with Crippen molar-refractivity contribution >= 4 is 17.5 Å². The molecule has 1 saturated carbocycles. The van der Waals surface area contributed by atoms with Crippen molar-refractivity contribution in [3.05, 3.63) is 102 Å². The highest BCUT2D eigenvalue weighted by Crippen LogP contribution is 2.53. The largest absolute Gasteiger partial charge is 0.274 e. The van der Waals surface area contributed by atoms with Crippen LogP contribution >= 0.6 is 0 Å². The van der Waals surface area contributed by atoms with Crippen LogP contribution in [0.4, 0.5) is 5.69 Å². The fraction of sp³-hybridized carbons (Fsp3) is 0.259. The summed E-state index contributed by atoms with van der Waals surface area (Å²) >= 11 is 0. The topological polar surface area (TPSA) is 37.4 Å². The van der Waals surface area contributed by atoms with E-state index in [0.29, 0.717) is 5.69 Å². The number of aryl methyl sites for hydroxylation is 1. The summed E-state index contributed by atoms with van der Waals surface area (Å²) in [5, 5.41) is 0. The molecule has 0 aromatic heterocycles. The summed E-state index contributed by atoms with van der Waals surface area (Å²) < 4.78 is 0. The van der Waals surface area contributed by atoms with E-state index in [0.717, 1.165) is 29.5 Å². The molecule has 0 spiro atoms. The van der Waals surface area contributed by atoms with Gasteiger partial charge in [0.1, 0.15) is 0 Å². The van der Waals surface area contributed by atoms with E-state index in [1.165, 1.54) is 4.90 Å². The maximum atomic E-state index is 13.7. The number of amides is 2. The minimum atomic E-state index is -0.319. The second-order valence-corrected chi connectivity index (χ2v) is 8.51. The van der Waals surface area contributed by atoms with Crippen molar-refractivity contribution in [1.29, 1.82) is 0 Å². The maximum Gasteiger partial charge on any atom is 0.238 e. The Morgan fingerprint density at radius 3 is 1.50 bits per heavy atom. The molecule has 0 unspecified atom stereocenters. The number of anilines is 1. The van der Waals surface area contributed by atoms with E-state index >= 15 is 0 Å². The van der Waals surface area contributed by atoms with Gasteiger partial charge < -0.3 is 0 Å². The average molecular weight is 396 g/mol. The van der Waals surface area contributed by atoms with E-state index in [1.807, 2.05) is 67.6 Å². The molecule has 1 heterocycles. The van der Waals surface area contributed by atoms with Crippen LogP contribution in [0.5, 0.6) is 0 Å². The molecule has 30 heavy (non-hydrogen) atoms. The Kier molecular flexibility index (Phi) is 4.74. The Bertz CT molecular complexity index is 994. The first-order valence-corrected chi connectivity index (χ1v) is 10.7. The van der Waals surface area contributed by atoms with Crippen molar-refractivity contribution in [3.63, 3.8) is 0 Å². The van der Waals surface area contributed by atoms with Crippen LogP contribution in [-0.4, -0.2) is 11.8 Å². The quantitative estimate of drug-likeness (QED) is 0.552. The summed E-state index contributed by atoms with van der Waals surface area (Å²) in [6, 6.07) is 28.1. The zero-order chi connectivity index (χ0) is 20.7. The SMILES string of the molecule is Cc1ccc(N2C(=O)[C@@H]3[C@H](C2=O)[C@H](c2ccccc2)CC[C@@H]3c2ccccc2)cc1. The van der Waals surface area contributed by atoms with Gasteiger partial charge in [-0.1, -0.05) is 78.4 Å². The fourth-order valence-electron chi connectivity index (χ4n) is 5.37. The molecule has 4 atom stereocenters. The van der Waals surface area contributed by atoms with Crippen LogP contribution in [-0.2, 0) is 9.59 Å². The number of imide groups is 1. The molecule has 3 nitrogen and oxygen atoms in total. The van der Waals surface area contributed by atoms with E-state index in [9.17, 15) is 9.59 Å². The second kappa shape index (κ2) is 7.56. The van der Waals surface area contributed by atoms with Crippen LogP contribution in [0.15, 0.2) is 84.9 Å². The molecule has 1 aliphatic carbocycles. The maximum absolute atomic E-state index is 13.7. The van der Waals surface area contributed by atoms with Crippen LogP contribution in [0.1, 0.15) is 41.4 Å². The molecule has 1 saturated heterocycles. The first kappa shape index (κ1) is 18.8. The molecule has 0 N–H and O–H groups in total. The summed E-state index contributed by atoms with van der Waals surface area (Å²) in [6.45, 7) is 2.01. The lowest BCUT2D eigenvalue weighted by Crippen LogP contribution is -2.34. The molecule has 3 aromatic carbocycles. The van der Waals surface area contributed by atoms with Gasteiger partial charge in [0.05, 0.1) is 17.5 Å². The zero-order valence-electron chi connectivity index (χ0n) is 17.1. The van der Waals surface area contributed by atoms with Crippen molar-refractivity contribution in [2.24, 2.45) is 11.8 Å². The third-order valence-corrected chi connectivity index (χ3v) is 6.80. The van der Waals surface area contributed by atoms with Gasteiger partial charge in [-0.05, 0) is 54.9 Å². The number of benzene rings is 3. The van der Waals surface area contributed by atoms with Crippen molar-refractivity contribution in [1.82, 2.24) is 0 Å². The number of hydrogen-bond acceptors (Lipinski definition) is 2. The Hall–Kier alpha value is -3.20. The molecule has 0 bridgehead atoms. The Balaban J connectivity index is 1.60. The zero-order valence-corrected chi connectivity index (χ0v) is 17.1. The average Bonchev–Trinajstić information content (AvgIpc) is 3.06.